The third-order valence-corrected chi connectivity index (χ3v) is 4.70. The van der Waals surface area contributed by atoms with Crippen LogP contribution in [0.4, 0.5) is 0 Å². The second-order valence-corrected chi connectivity index (χ2v) is 6.80. The Morgan fingerprint density at radius 3 is 2.90 bits per heavy atom. The fourth-order valence-corrected chi connectivity index (χ4v) is 3.36. The summed E-state index contributed by atoms with van der Waals surface area (Å²) in [6, 6.07) is 3.87. The van der Waals surface area contributed by atoms with Crippen molar-refractivity contribution in [1.29, 1.82) is 0 Å². The van der Waals surface area contributed by atoms with Crippen molar-refractivity contribution in [2.45, 2.75) is 19.3 Å². The van der Waals surface area contributed by atoms with E-state index in [4.69, 9.17) is 11.6 Å². The first-order valence-electron chi connectivity index (χ1n) is 7.18. The zero-order chi connectivity index (χ0) is 14.2. The van der Waals surface area contributed by atoms with Crippen molar-refractivity contribution in [3.05, 3.63) is 21.3 Å². The van der Waals surface area contributed by atoms with Gasteiger partial charge in [-0.05, 0) is 31.5 Å². The number of rotatable bonds is 7. The van der Waals surface area contributed by atoms with Gasteiger partial charge in [-0.1, -0.05) is 11.6 Å². The lowest BCUT2D eigenvalue weighted by atomic mass is 10.2. The van der Waals surface area contributed by atoms with Crippen molar-refractivity contribution >= 4 is 28.8 Å². The lowest BCUT2D eigenvalue weighted by molar-refractivity contribution is -0.121. The van der Waals surface area contributed by atoms with Crippen LogP contribution >= 0.6 is 22.9 Å². The van der Waals surface area contributed by atoms with Crippen molar-refractivity contribution in [3.8, 4) is 0 Å². The highest BCUT2D eigenvalue weighted by Gasteiger charge is 2.09. The van der Waals surface area contributed by atoms with Crippen molar-refractivity contribution in [3.63, 3.8) is 0 Å². The minimum atomic E-state index is 0.134. The highest BCUT2D eigenvalue weighted by Crippen LogP contribution is 2.22. The summed E-state index contributed by atoms with van der Waals surface area (Å²) in [6.45, 7) is 6.24. The predicted octanol–water partition coefficient (Wildman–Crippen LogP) is 1.75. The Kier molecular flexibility index (Phi) is 6.79. The van der Waals surface area contributed by atoms with Crippen LogP contribution in [0, 0.1) is 0 Å². The molecule has 0 unspecified atom stereocenters. The summed E-state index contributed by atoms with van der Waals surface area (Å²) in [5, 5.41) is 6.33. The molecule has 1 aromatic rings. The van der Waals surface area contributed by atoms with Gasteiger partial charge in [0.1, 0.15) is 0 Å². The lowest BCUT2D eigenvalue weighted by Gasteiger charge is -2.27. The van der Waals surface area contributed by atoms with Crippen LogP contribution in [0.5, 0.6) is 0 Å². The van der Waals surface area contributed by atoms with E-state index in [-0.39, 0.29) is 5.91 Å². The summed E-state index contributed by atoms with van der Waals surface area (Å²) in [7, 11) is 0. The topological polar surface area (TPSA) is 44.4 Å². The Morgan fingerprint density at radius 2 is 2.20 bits per heavy atom. The Bertz CT molecular complexity index is 418. The maximum Gasteiger partial charge on any atom is 0.220 e. The van der Waals surface area contributed by atoms with Gasteiger partial charge < -0.3 is 15.5 Å². The molecule has 1 amide bonds. The Morgan fingerprint density at radius 1 is 1.40 bits per heavy atom. The number of halogens is 1. The number of hydrogen-bond acceptors (Lipinski definition) is 4. The van der Waals surface area contributed by atoms with Crippen molar-refractivity contribution in [2.75, 3.05) is 39.3 Å². The van der Waals surface area contributed by atoms with Crippen molar-refractivity contribution in [1.82, 2.24) is 15.5 Å². The molecule has 0 atom stereocenters. The van der Waals surface area contributed by atoms with Gasteiger partial charge in [-0.25, -0.2) is 0 Å². The molecule has 0 aromatic carbocycles. The zero-order valence-electron chi connectivity index (χ0n) is 11.7. The number of hydrogen-bond donors (Lipinski definition) is 2. The van der Waals surface area contributed by atoms with Gasteiger partial charge >= 0.3 is 0 Å². The number of nitrogens with one attached hydrogen (secondary N) is 2. The first-order valence-corrected chi connectivity index (χ1v) is 8.37. The van der Waals surface area contributed by atoms with Crippen LogP contribution in [-0.2, 0) is 11.2 Å². The first-order chi connectivity index (χ1) is 9.74. The largest absolute Gasteiger partial charge is 0.356 e. The molecule has 0 saturated carbocycles. The molecule has 112 valence electrons. The average Bonchev–Trinajstić information content (AvgIpc) is 2.88. The Labute approximate surface area is 129 Å². The molecule has 1 aliphatic rings. The van der Waals surface area contributed by atoms with E-state index in [0.29, 0.717) is 6.42 Å². The van der Waals surface area contributed by atoms with Gasteiger partial charge in [0.2, 0.25) is 5.91 Å². The van der Waals surface area contributed by atoms with E-state index in [2.05, 4.69) is 15.5 Å². The van der Waals surface area contributed by atoms with Gasteiger partial charge in [-0.3, -0.25) is 4.79 Å². The highest BCUT2D eigenvalue weighted by atomic mass is 35.5. The molecule has 1 fully saturated rings. The lowest BCUT2D eigenvalue weighted by Crippen LogP contribution is -2.44. The van der Waals surface area contributed by atoms with E-state index in [1.807, 2.05) is 12.1 Å². The second-order valence-electron chi connectivity index (χ2n) is 5.00. The molecule has 0 aliphatic carbocycles. The molecule has 20 heavy (non-hydrogen) atoms. The van der Waals surface area contributed by atoms with Crippen LogP contribution in [0.2, 0.25) is 4.34 Å². The van der Waals surface area contributed by atoms with E-state index in [1.54, 1.807) is 11.3 Å². The smallest absolute Gasteiger partial charge is 0.220 e. The summed E-state index contributed by atoms with van der Waals surface area (Å²) in [4.78, 5) is 15.3. The van der Waals surface area contributed by atoms with Crippen molar-refractivity contribution < 1.29 is 4.79 Å². The van der Waals surface area contributed by atoms with Crippen LogP contribution in [0.25, 0.3) is 0 Å². The molecule has 1 aromatic heterocycles. The van der Waals surface area contributed by atoms with Gasteiger partial charge in [0.15, 0.2) is 0 Å². The van der Waals surface area contributed by atoms with Crippen LogP contribution in [-0.4, -0.2) is 50.1 Å². The number of piperazine rings is 1. The molecule has 0 radical (unpaired) electrons. The Hall–Kier alpha value is -0.620. The molecule has 2 N–H and O–H groups in total. The van der Waals surface area contributed by atoms with E-state index in [1.165, 1.54) is 4.88 Å². The number of carbonyl (C=O) groups excluding carboxylic acids is 1. The fraction of sp³-hybridized carbons (Fsp3) is 0.643. The first kappa shape index (κ1) is 15.8. The average molecular weight is 316 g/mol. The molecule has 6 heteroatoms. The monoisotopic (exact) mass is 315 g/mol. The molecule has 2 rings (SSSR count). The van der Waals surface area contributed by atoms with Gasteiger partial charge in [-0.2, -0.15) is 0 Å². The fourth-order valence-electron chi connectivity index (χ4n) is 2.28. The molecular formula is C14H22ClN3OS. The molecular weight excluding hydrogens is 294 g/mol. The minimum absolute atomic E-state index is 0.134. The van der Waals surface area contributed by atoms with Crippen LogP contribution < -0.4 is 10.6 Å². The van der Waals surface area contributed by atoms with E-state index < -0.39 is 0 Å². The zero-order valence-corrected chi connectivity index (χ0v) is 13.2. The summed E-state index contributed by atoms with van der Waals surface area (Å²) in [5.41, 5.74) is 0. The molecule has 0 bridgehead atoms. The number of nitrogens with zero attached hydrogens (tertiary/aromatic N) is 1. The molecule has 2 heterocycles. The highest BCUT2D eigenvalue weighted by molar-refractivity contribution is 7.16. The third kappa shape index (κ3) is 5.79. The van der Waals surface area contributed by atoms with Crippen LogP contribution in [0.1, 0.15) is 17.7 Å². The molecule has 1 saturated heterocycles. The standard InChI is InChI=1S/C14H22ClN3OS/c15-13-4-2-12(20-13)3-5-14(19)17-6-1-9-18-10-7-16-8-11-18/h2,4,16H,1,3,5-11H2,(H,17,19). The van der Waals surface area contributed by atoms with Gasteiger partial charge in [-0.15, -0.1) is 11.3 Å². The van der Waals surface area contributed by atoms with Crippen LogP contribution in [0.15, 0.2) is 12.1 Å². The van der Waals surface area contributed by atoms with Gasteiger partial charge in [0, 0.05) is 44.0 Å². The maximum absolute atomic E-state index is 11.7. The second kappa shape index (κ2) is 8.62. The van der Waals surface area contributed by atoms with Crippen molar-refractivity contribution in [2.24, 2.45) is 0 Å². The number of aryl methyl sites for hydroxylation is 1. The predicted molar refractivity (Wildman–Crippen MR) is 84.6 cm³/mol. The number of carbonyl (C=O) groups is 1. The minimum Gasteiger partial charge on any atom is -0.356 e. The van der Waals surface area contributed by atoms with Gasteiger partial charge in [0.25, 0.3) is 0 Å². The molecule has 1 aliphatic heterocycles. The summed E-state index contributed by atoms with van der Waals surface area (Å²) in [6.07, 6.45) is 2.35. The normalized spacial score (nSPS) is 16.2. The van der Waals surface area contributed by atoms with E-state index >= 15 is 0 Å². The molecule has 4 nitrogen and oxygen atoms in total. The third-order valence-electron chi connectivity index (χ3n) is 3.41. The van der Waals surface area contributed by atoms with Gasteiger partial charge in [0.05, 0.1) is 4.34 Å². The van der Waals surface area contributed by atoms with E-state index in [0.717, 1.165) is 56.4 Å². The van der Waals surface area contributed by atoms with E-state index in [9.17, 15) is 4.79 Å². The summed E-state index contributed by atoms with van der Waals surface area (Å²) < 4.78 is 0.788. The van der Waals surface area contributed by atoms with Crippen LogP contribution in [0.3, 0.4) is 0 Å². The summed E-state index contributed by atoms with van der Waals surface area (Å²) in [5.74, 6) is 0.134. The summed E-state index contributed by atoms with van der Waals surface area (Å²) >= 11 is 7.41. The number of thiophene rings is 1. The SMILES string of the molecule is O=C(CCc1ccc(Cl)s1)NCCCN1CCNCC1. The molecule has 0 spiro atoms. The number of amides is 1. The Balaban J connectivity index is 1.51. The quantitative estimate of drug-likeness (QED) is 0.753. The maximum atomic E-state index is 11.7.